The Kier molecular flexibility index (Phi) is 4.26. The maximum absolute atomic E-state index is 9.00. The van der Waals surface area contributed by atoms with Crippen molar-refractivity contribution >= 4 is 21.6 Å². The van der Waals surface area contributed by atoms with Gasteiger partial charge in [0.15, 0.2) is 0 Å². The maximum Gasteiger partial charge on any atom is 0.0992 e. The quantitative estimate of drug-likeness (QED) is 0.841. The first kappa shape index (κ1) is 13.4. The highest BCUT2D eigenvalue weighted by molar-refractivity contribution is 9.10. The highest BCUT2D eigenvalue weighted by Gasteiger charge is 2.21. The standard InChI is InChI=1S/C14H18BrN3/c1-17(2)13-3-5-18(6-4-13)14-8-11(10-16)7-12(15)9-14/h7-9,13H,3-6H2,1-2H3. The Morgan fingerprint density at radius 3 is 2.50 bits per heavy atom. The number of benzene rings is 1. The van der Waals surface area contributed by atoms with Gasteiger partial charge in [0.1, 0.15) is 0 Å². The van der Waals surface area contributed by atoms with Gasteiger partial charge in [0, 0.05) is 29.3 Å². The summed E-state index contributed by atoms with van der Waals surface area (Å²) >= 11 is 3.47. The molecule has 1 aliphatic heterocycles. The lowest BCUT2D eigenvalue weighted by atomic mass is 10.0. The zero-order chi connectivity index (χ0) is 13.1. The molecule has 2 rings (SSSR count). The van der Waals surface area contributed by atoms with E-state index < -0.39 is 0 Å². The van der Waals surface area contributed by atoms with E-state index in [4.69, 9.17) is 5.26 Å². The van der Waals surface area contributed by atoms with Crippen molar-refractivity contribution in [2.45, 2.75) is 18.9 Å². The van der Waals surface area contributed by atoms with Gasteiger partial charge >= 0.3 is 0 Å². The van der Waals surface area contributed by atoms with Crippen molar-refractivity contribution in [1.29, 1.82) is 5.26 Å². The predicted octanol–water partition coefficient (Wildman–Crippen LogP) is 2.85. The Bertz CT molecular complexity index is 457. The lowest BCUT2D eigenvalue weighted by Crippen LogP contribution is -2.42. The van der Waals surface area contributed by atoms with Gasteiger partial charge in [-0.05, 0) is 45.1 Å². The van der Waals surface area contributed by atoms with E-state index in [1.807, 2.05) is 12.1 Å². The van der Waals surface area contributed by atoms with Crippen LogP contribution in [-0.4, -0.2) is 38.1 Å². The van der Waals surface area contributed by atoms with E-state index in [1.54, 1.807) is 0 Å². The van der Waals surface area contributed by atoms with Gasteiger partial charge in [0.05, 0.1) is 11.6 Å². The van der Waals surface area contributed by atoms with Crippen LogP contribution < -0.4 is 4.90 Å². The van der Waals surface area contributed by atoms with Gasteiger partial charge in [0.2, 0.25) is 0 Å². The minimum atomic E-state index is 0.684. The third-order valence-corrected chi connectivity index (χ3v) is 4.03. The fourth-order valence-electron chi connectivity index (χ4n) is 2.46. The van der Waals surface area contributed by atoms with Crippen LogP contribution in [-0.2, 0) is 0 Å². The van der Waals surface area contributed by atoms with E-state index in [1.165, 1.54) is 12.8 Å². The molecule has 0 N–H and O–H groups in total. The fraction of sp³-hybridized carbons (Fsp3) is 0.500. The molecule has 0 radical (unpaired) electrons. The summed E-state index contributed by atoms with van der Waals surface area (Å²) in [6.07, 6.45) is 2.36. The van der Waals surface area contributed by atoms with E-state index in [0.29, 0.717) is 11.6 Å². The smallest absolute Gasteiger partial charge is 0.0992 e. The third-order valence-electron chi connectivity index (χ3n) is 3.57. The van der Waals surface area contributed by atoms with E-state index in [9.17, 15) is 0 Å². The number of nitriles is 1. The van der Waals surface area contributed by atoms with Gasteiger partial charge in [-0.25, -0.2) is 0 Å². The minimum absolute atomic E-state index is 0.684. The summed E-state index contributed by atoms with van der Waals surface area (Å²) in [5, 5.41) is 9.00. The molecule has 1 saturated heterocycles. The molecule has 0 aromatic heterocycles. The van der Waals surface area contributed by atoms with Crippen molar-refractivity contribution in [3.63, 3.8) is 0 Å². The van der Waals surface area contributed by atoms with E-state index in [-0.39, 0.29) is 0 Å². The van der Waals surface area contributed by atoms with Crippen molar-refractivity contribution in [3.8, 4) is 6.07 Å². The Hall–Kier alpha value is -1.05. The van der Waals surface area contributed by atoms with Gasteiger partial charge < -0.3 is 9.80 Å². The molecule has 0 amide bonds. The number of anilines is 1. The summed E-state index contributed by atoms with van der Waals surface area (Å²) in [5.74, 6) is 0. The molecule has 0 spiro atoms. The molecule has 1 aromatic rings. The van der Waals surface area contributed by atoms with Gasteiger partial charge in [-0.3, -0.25) is 0 Å². The lowest BCUT2D eigenvalue weighted by molar-refractivity contribution is 0.249. The molecule has 3 nitrogen and oxygen atoms in total. The molecule has 96 valence electrons. The van der Waals surface area contributed by atoms with Crippen molar-refractivity contribution in [2.75, 3.05) is 32.1 Å². The third kappa shape index (κ3) is 3.04. The van der Waals surface area contributed by atoms with Crippen LogP contribution >= 0.6 is 15.9 Å². The van der Waals surface area contributed by atoms with Crippen LogP contribution in [0.15, 0.2) is 22.7 Å². The van der Waals surface area contributed by atoms with Crippen LogP contribution in [0.4, 0.5) is 5.69 Å². The predicted molar refractivity (Wildman–Crippen MR) is 77.8 cm³/mol. The number of hydrogen-bond donors (Lipinski definition) is 0. The lowest BCUT2D eigenvalue weighted by Gasteiger charge is -2.36. The molecular weight excluding hydrogens is 290 g/mol. The fourth-order valence-corrected chi connectivity index (χ4v) is 2.94. The van der Waals surface area contributed by atoms with E-state index in [2.05, 4.69) is 52.0 Å². The van der Waals surface area contributed by atoms with Crippen molar-refractivity contribution in [2.24, 2.45) is 0 Å². The van der Waals surface area contributed by atoms with Crippen molar-refractivity contribution in [3.05, 3.63) is 28.2 Å². The van der Waals surface area contributed by atoms with Gasteiger partial charge in [-0.2, -0.15) is 5.26 Å². The van der Waals surface area contributed by atoms with Crippen LogP contribution in [0.1, 0.15) is 18.4 Å². The van der Waals surface area contributed by atoms with E-state index >= 15 is 0 Å². The van der Waals surface area contributed by atoms with Gasteiger partial charge in [-0.15, -0.1) is 0 Å². The second kappa shape index (κ2) is 5.73. The Balaban J connectivity index is 2.10. The first-order valence-electron chi connectivity index (χ1n) is 6.22. The molecule has 1 aromatic carbocycles. The molecule has 1 fully saturated rings. The molecule has 0 atom stereocenters. The Morgan fingerprint density at radius 1 is 1.28 bits per heavy atom. The molecule has 1 aliphatic rings. The molecule has 1 heterocycles. The Morgan fingerprint density at radius 2 is 1.94 bits per heavy atom. The largest absolute Gasteiger partial charge is 0.371 e. The molecule has 0 unspecified atom stereocenters. The highest BCUT2D eigenvalue weighted by Crippen LogP contribution is 2.26. The SMILES string of the molecule is CN(C)C1CCN(c2cc(Br)cc(C#N)c2)CC1. The second-order valence-electron chi connectivity index (χ2n) is 4.99. The summed E-state index contributed by atoms with van der Waals surface area (Å²) in [6, 6.07) is 8.82. The number of hydrogen-bond acceptors (Lipinski definition) is 3. The second-order valence-corrected chi connectivity index (χ2v) is 5.91. The number of nitrogens with zero attached hydrogens (tertiary/aromatic N) is 3. The van der Waals surface area contributed by atoms with Crippen LogP contribution in [0, 0.1) is 11.3 Å². The van der Waals surface area contributed by atoms with Gasteiger partial charge in [0.25, 0.3) is 0 Å². The number of rotatable bonds is 2. The molecule has 18 heavy (non-hydrogen) atoms. The minimum Gasteiger partial charge on any atom is -0.371 e. The average molecular weight is 308 g/mol. The summed E-state index contributed by atoms with van der Waals surface area (Å²) in [5.41, 5.74) is 1.87. The number of halogens is 1. The summed E-state index contributed by atoms with van der Waals surface area (Å²) < 4.78 is 0.978. The average Bonchev–Trinajstić information content (AvgIpc) is 2.38. The van der Waals surface area contributed by atoms with Crippen LogP contribution in [0.2, 0.25) is 0 Å². The molecule has 0 bridgehead atoms. The monoisotopic (exact) mass is 307 g/mol. The zero-order valence-corrected chi connectivity index (χ0v) is 12.4. The first-order chi connectivity index (χ1) is 8.60. The Labute approximate surface area is 117 Å². The first-order valence-corrected chi connectivity index (χ1v) is 7.01. The highest BCUT2D eigenvalue weighted by atomic mass is 79.9. The van der Waals surface area contributed by atoms with Crippen LogP contribution in [0.25, 0.3) is 0 Å². The molecule has 0 aliphatic carbocycles. The molecule has 4 heteroatoms. The summed E-state index contributed by atoms with van der Waals surface area (Å²) in [6.45, 7) is 2.12. The van der Waals surface area contributed by atoms with Gasteiger partial charge in [-0.1, -0.05) is 15.9 Å². The normalized spacial score (nSPS) is 16.9. The van der Waals surface area contributed by atoms with Crippen LogP contribution in [0.3, 0.4) is 0 Å². The topological polar surface area (TPSA) is 30.3 Å². The molecular formula is C14H18BrN3. The molecule has 0 saturated carbocycles. The van der Waals surface area contributed by atoms with Crippen molar-refractivity contribution < 1.29 is 0 Å². The summed E-state index contributed by atoms with van der Waals surface area (Å²) in [7, 11) is 4.29. The van der Waals surface area contributed by atoms with Crippen molar-refractivity contribution in [1.82, 2.24) is 4.90 Å². The van der Waals surface area contributed by atoms with E-state index in [0.717, 1.165) is 23.2 Å². The van der Waals surface area contributed by atoms with Crippen LogP contribution in [0.5, 0.6) is 0 Å². The number of piperidine rings is 1. The summed E-state index contributed by atoms with van der Waals surface area (Å²) in [4.78, 5) is 4.67. The maximum atomic E-state index is 9.00. The zero-order valence-electron chi connectivity index (χ0n) is 10.9.